The van der Waals surface area contributed by atoms with E-state index in [0.717, 1.165) is 45.2 Å². The second-order valence-electron chi connectivity index (χ2n) is 8.64. The van der Waals surface area contributed by atoms with E-state index in [9.17, 15) is 5.11 Å². The van der Waals surface area contributed by atoms with Crippen LogP contribution in [0, 0.1) is 5.41 Å². The van der Waals surface area contributed by atoms with E-state index in [4.69, 9.17) is 9.47 Å². The molecule has 0 bridgehead atoms. The molecule has 0 spiro atoms. The second-order valence-corrected chi connectivity index (χ2v) is 8.64. The molecule has 1 saturated carbocycles. The standard InChI is InChI=1S/C19H38N4O3/c1-7-20-16(22-15-12-19(5,25-6)17(15,2)3)21-13-18(4,24)14-23-8-10-26-11-9-23/h15,24H,7-14H2,1-6H3,(H2,20,21,22). The van der Waals surface area contributed by atoms with E-state index < -0.39 is 5.60 Å². The number of rotatable bonds is 7. The molecule has 7 nitrogen and oxygen atoms in total. The average molecular weight is 371 g/mol. The maximum atomic E-state index is 10.7. The first-order valence-electron chi connectivity index (χ1n) is 9.76. The van der Waals surface area contributed by atoms with E-state index in [1.807, 2.05) is 13.8 Å². The molecule has 2 rings (SSSR count). The number of β-amino-alcohol motifs (C(OH)–C–C–N with tert-alkyl or cyclic N) is 1. The molecule has 3 N–H and O–H groups in total. The predicted octanol–water partition coefficient (Wildman–Crippen LogP) is 0.828. The fourth-order valence-electron chi connectivity index (χ4n) is 3.75. The third-order valence-electron chi connectivity index (χ3n) is 6.18. The Morgan fingerprint density at radius 1 is 1.35 bits per heavy atom. The van der Waals surface area contributed by atoms with Crippen molar-refractivity contribution in [3.05, 3.63) is 0 Å². The van der Waals surface area contributed by atoms with Crippen LogP contribution in [-0.4, -0.2) is 86.3 Å². The van der Waals surface area contributed by atoms with Gasteiger partial charge in [0.1, 0.15) is 0 Å². The van der Waals surface area contributed by atoms with Crippen LogP contribution in [0.1, 0.15) is 41.0 Å². The summed E-state index contributed by atoms with van der Waals surface area (Å²) in [6.45, 7) is 15.4. The Morgan fingerprint density at radius 2 is 2.00 bits per heavy atom. The Kier molecular flexibility index (Phi) is 6.93. The molecule has 1 aliphatic carbocycles. The molecule has 0 aromatic heterocycles. The summed E-state index contributed by atoms with van der Waals surface area (Å²) >= 11 is 0. The number of nitrogens with one attached hydrogen (secondary N) is 2. The molecule has 0 aromatic rings. The molecule has 3 unspecified atom stereocenters. The summed E-state index contributed by atoms with van der Waals surface area (Å²) in [7, 11) is 1.78. The largest absolute Gasteiger partial charge is 0.387 e. The highest BCUT2D eigenvalue weighted by Crippen LogP contribution is 2.51. The van der Waals surface area contributed by atoms with Crippen molar-refractivity contribution in [2.24, 2.45) is 10.4 Å². The van der Waals surface area contributed by atoms with E-state index in [-0.39, 0.29) is 17.1 Å². The molecule has 3 atom stereocenters. The van der Waals surface area contributed by atoms with Crippen LogP contribution >= 0.6 is 0 Å². The Morgan fingerprint density at radius 3 is 2.54 bits per heavy atom. The number of hydrogen-bond donors (Lipinski definition) is 3. The van der Waals surface area contributed by atoms with Crippen molar-refractivity contribution in [1.82, 2.24) is 15.5 Å². The Hall–Kier alpha value is -0.890. The molecule has 152 valence electrons. The molecule has 2 fully saturated rings. The minimum absolute atomic E-state index is 0.00819. The lowest BCUT2D eigenvalue weighted by molar-refractivity contribution is -0.176. The lowest BCUT2D eigenvalue weighted by Gasteiger charge is -2.59. The lowest BCUT2D eigenvalue weighted by atomic mass is 9.56. The van der Waals surface area contributed by atoms with E-state index in [2.05, 4.69) is 41.3 Å². The maximum Gasteiger partial charge on any atom is 0.191 e. The van der Waals surface area contributed by atoms with Crippen LogP contribution in [0.15, 0.2) is 4.99 Å². The minimum Gasteiger partial charge on any atom is -0.387 e. The zero-order chi connectivity index (χ0) is 19.4. The molecule has 0 radical (unpaired) electrons. The van der Waals surface area contributed by atoms with Crippen molar-refractivity contribution < 1.29 is 14.6 Å². The fourth-order valence-corrected chi connectivity index (χ4v) is 3.75. The molecule has 7 heteroatoms. The second kappa shape index (κ2) is 8.42. The monoisotopic (exact) mass is 370 g/mol. The van der Waals surface area contributed by atoms with Crippen LogP contribution in [0.2, 0.25) is 0 Å². The van der Waals surface area contributed by atoms with Crippen LogP contribution in [0.3, 0.4) is 0 Å². The van der Waals surface area contributed by atoms with Crippen molar-refractivity contribution in [3.8, 4) is 0 Å². The van der Waals surface area contributed by atoms with E-state index in [1.165, 1.54) is 0 Å². The summed E-state index contributed by atoms with van der Waals surface area (Å²) in [5, 5.41) is 17.6. The molecule has 26 heavy (non-hydrogen) atoms. The molecule has 1 heterocycles. The number of aliphatic hydroxyl groups is 1. The predicted molar refractivity (Wildman–Crippen MR) is 105 cm³/mol. The third-order valence-corrected chi connectivity index (χ3v) is 6.18. The van der Waals surface area contributed by atoms with Crippen molar-refractivity contribution in [3.63, 3.8) is 0 Å². The maximum absolute atomic E-state index is 10.7. The first-order chi connectivity index (χ1) is 12.1. The van der Waals surface area contributed by atoms with Gasteiger partial charge < -0.3 is 25.2 Å². The van der Waals surface area contributed by atoms with Crippen molar-refractivity contribution in [1.29, 1.82) is 0 Å². The van der Waals surface area contributed by atoms with Gasteiger partial charge in [-0.2, -0.15) is 0 Å². The molecule has 1 saturated heterocycles. The number of ether oxygens (including phenoxy) is 2. The van der Waals surface area contributed by atoms with Crippen molar-refractivity contribution >= 4 is 5.96 Å². The van der Waals surface area contributed by atoms with Gasteiger partial charge in [0.05, 0.1) is 31.0 Å². The van der Waals surface area contributed by atoms with Crippen LogP contribution in [0.5, 0.6) is 0 Å². The van der Waals surface area contributed by atoms with Crippen molar-refractivity contribution in [2.75, 3.05) is 53.0 Å². The van der Waals surface area contributed by atoms with Crippen LogP contribution in [0.25, 0.3) is 0 Å². The number of morpholine rings is 1. The normalized spacial score (nSPS) is 31.8. The fraction of sp³-hybridized carbons (Fsp3) is 0.947. The molecule has 2 aliphatic rings. The van der Waals surface area contributed by atoms with Gasteiger partial charge in [-0.05, 0) is 27.2 Å². The topological polar surface area (TPSA) is 78.4 Å². The van der Waals surface area contributed by atoms with Gasteiger partial charge in [-0.15, -0.1) is 0 Å². The summed E-state index contributed by atoms with van der Waals surface area (Å²) in [6, 6.07) is 0.287. The highest BCUT2D eigenvalue weighted by molar-refractivity contribution is 5.80. The molecule has 0 aromatic carbocycles. The van der Waals surface area contributed by atoms with E-state index >= 15 is 0 Å². The van der Waals surface area contributed by atoms with Gasteiger partial charge in [-0.25, -0.2) is 0 Å². The SMILES string of the molecule is CCNC(=NCC(C)(O)CN1CCOCC1)NC1CC(C)(OC)C1(C)C. The van der Waals surface area contributed by atoms with Crippen molar-refractivity contribution in [2.45, 2.75) is 58.3 Å². The summed E-state index contributed by atoms with van der Waals surface area (Å²) in [4.78, 5) is 6.89. The number of nitrogens with zero attached hydrogens (tertiary/aromatic N) is 2. The number of aliphatic imine (C=N–C) groups is 1. The average Bonchev–Trinajstić information content (AvgIpc) is 2.59. The molecular formula is C19H38N4O3. The van der Waals surface area contributed by atoms with Gasteiger partial charge in [0.2, 0.25) is 0 Å². The van der Waals surface area contributed by atoms with Gasteiger partial charge >= 0.3 is 0 Å². The number of hydrogen-bond acceptors (Lipinski definition) is 5. The number of guanidine groups is 1. The smallest absolute Gasteiger partial charge is 0.191 e. The van der Waals surface area contributed by atoms with Gasteiger partial charge in [-0.3, -0.25) is 9.89 Å². The summed E-state index contributed by atoms with van der Waals surface area (Å²) < 4.78 is 11.1. The van der Waals surface area contributed by atoms with E-state index in [0.29, 0.717) is 13.1 Å². The molecular weight excluding hydrogens is 332 g/mol. The summed E-state index contributed by atoms with van der Waals surface area (Å²) in [6.07, 6.45) is 0.936. The zero-order valence-corrected chi connectivity index (χ0v) is 17.4. The van der Waals surface area contributed by atoms with Crippen LogP contribution in [-0.2, 0) is 9.47 Å². The third kappa shape index (κ3) is 4.88. The lowest BCUT2D eigenvalue weighted by Crippen LogP contribution is -2.69. The molecule has 0 amide bonds. The first-order valence-corrected chi connectivity index (χ1v) is 9.76. The Labute approximate surface area is 158 Å². The summed E-state index contributed by atoms with van der Waals surface area (Å²) in [5.41, 5.74) is -0.978. The van der Waals surface area contributed by atoms with Gasteiger partial charge in [-0.1, -0.05) is 13.8 Å². The summed E-state index contributed by atoms with van der Waals surface area (Å²) in [5.74, 6) is 0.756. The quantitative estimate of drug-likeness (QED) is 0.455. The number of methoxy groups -OCH3 is 1. The first kappa shape index (κ1) is 21.4. The highest BCUT2D eigenvalue weighted by atomic mass is 16.5. The minimum atomic E-state index is -0.865. The van der Waals surface area contributed by atoms with Crippen LogP contribution < -0.4 is 10.6 Å². The Balaban J connectivity index is 1.93. The van der Waals surface area contributed by atoms with Gasteiger partial charge in [0, 0.05) is 44.7 Å². The highest BCUT2D eigenvalue weighted by Gasteiger charge is 2.58. The Bertz CT molecular complexity index is 489. The van der Waals surface area contributed by atoms with Gasteiger partial charge in [0.25, 0.3) is 0 Å². The molecule has 1 aliphatic heterocycles. The zero-order valence-electron chi connectivity index (χ0n) is 17.4. The van der Waals surface area contributed by atoms with E-state index in [1.54, 1.807) is 7.11 Å². The van der Waals surface area contributed by atoms with Gasteiger partial charge in [0.15, 0.2) is 5.96 Å². The van der Waals surface area contributed by atoms with Crippen LogP contribution in [0.4, 0.5) is 0 Å².